The molecule has 1 fully saturated rings. The van der Waals surface area contributed by atoms with Gasteiger partial charge in [-0.15, -0.1) is 0 Å². The van der Waals surface area contributed by atoms with Crippen molar-refractivity contribution in [1.82, 2.24) is 5.32 Å². The van der Waals surface area contributed by atoms with Gasteiger partial charge >= 0.3 is 0 Å². The van der Waals surface area contributed by atoms with Crippen LogP contribution < -0.4 is 5.32 Å². The molecule has 0 aromatic carbocycles. The zero-order chi connectivity index (χ0) is 10.9. The monoisotopic (exact) mass is 231 g/mol. The van der Waals surface area contributed by atoms with Gasteiger partial charge in [0.15, 0.2) is 0 Å². The van der Waals surface area contributed by atoms with Crippen molar-refractivity contribution in [2.24, 2.45) is 0 Å². The first-order valence-electron chi connectivity index (χ1n) is 6.18. The molecule has 1 rings (SSSR count). The molecule has 15 heavy (non-hydrogen) atoms. The summed E-state index contributed by atoms with van der Waals surface area (Å²) in [4.78, 5) is 0. The van der Waals surface area contributed by atoms with Gasteiger partial charge in [0.05, 0.1) is 6.61 Å². The first kappa shape index (κ1) is 13.3. The topological polar surface area (TPSA) is 21.3 Å². The Hall–Kier alpha value is 0.270. The Balaban J connectivity index is 1.98. The van der Waals surface area contributed by atoms with Crippen LogP contribution >= 0.6 is 11.8 Å². The van der Waals surface area contributed by atoms with E-state index in [1.165, 1.54) is 32.1 Å². The van der Waals surface area contributed by atoms with Gasteiger partial charge in [-0.05, 0) is 12.8 Å². The van der Waals surface area contributed by atoms with E-state index in [4.69, 9.17) is 4.74 Å². The minimum absolute atomic E-state index is 0.741. The standard InChI is InChI=1S/C12H25NOS/c1-11(10-13-8-9-14-2)15-12-6-4-3-5-7-12/h11-13H,3-10H2,1-2H3. The molecule has 1 unspecified atom stereocenters. The van der Waals surface area contributed by atoms with Gasteiger partial charge in [-0.3, -0.25) is 0 Å². The molecule has 1 atom stereocenters. The largest absolute Gasteiger partial charge is 0.383 e. The zero-order valence-electron chi connectivity index (χ0n) is 10.1. The van der Waals surface area contributed by atoms with Crippen LogP contribution in [0.25, 0.3) is 0 Å². The lowest BCUT2D eigenvalue weighted by Crippen LogP contribution is -2.27. The van der Waals surface area contributed by atoms with Crippen LogP contribution in [-0.2, 0) is 4.74 Å². The highest BCUT2D eigenvalue weighted by Crippen LogP contribution is 2.30. The van der Waals surface area contributed by atoms with Gasteiger partial charge in [0, 0.05) is 30.7 Å². The fraction of sp³-hybridized carbons (Fsp3) is 1.00. The second-order valence-corrected chi connectivity index (χ2v) is 6.15. The fourth-order valence-corrected chi connectivity index (χ4v) is 3.53. The molecule has 0 amide bonds. The van der Waals surface area contributed by atoms with Crippen molar-refractivity contribution >= 4 is 11.8 Å². The van der Waals surface area contributed by atoms with Crippen molar-refractivity contribution < 1.29 is 4.74 Å². The quantitative estimate of drug-likeness (QED) is 0.681. The number of ether oxygens (including phenoxy) is 1. The first-order chi connectivity index (χ1) is 7.33. The van der Waals surface area contributed by atoms with E-state index in [1.807, 2.05) is 0 Å². The lowest BCUT2D eigenvalue weighted by Gasteiger charge is -2.24. The van der Waals surface area contributed by atoms with Crippen molar-refractivity contribution in [3.05, 3.63) is 0 Å². The van der Waals surface area contributed by atoms with Crippen LogP contribution in [0.15, 0.2) is 0 Å². The molecule has 2 nitrogen and oxygen atoms in total. The molecule has 1 aliphatic carbocycles. The van der Waals surface area contributed by atoms with E-state index in [0.717, 1.165) is 30.2 Å². The number of nitrogens with one attached hydrogen (secondary N) is 1. The van der Waals surface area contributed by atoms with Crippen LogP contribution in [0.2, 0.25) is 0 Å². The number of methoxy groups -OCH3 is 1. The highest BCUT2D eigenvalue weighted by molar-refractivity contribution is 8.00. The molecule has 90 valence electrons. The normalized spacial score (nSPS) is 20.4. The Bertz CT molecular complexity index is 149. The third-order valence-electron chi connectivity index (χ3n) is 2.89. The van der Waals surface area contributed by atoms with Crippen molar-refractivity contribution in [3.63, 3.8) is 0 Å². The molecule has 1 N–H and O–H groups in total. The van der Waals surface area contributed by atoms with Gasteiger partial charge in [0.25, 0.3) is 0 Å². The average molecular weight is 231 g/mol. The minimum atomic E-state index is 0.741. The maximum Gasteiger partial charge on any atom is 0.0587 e. The highest BCUT2D eigenvalue weighted by atomic mass is 32.2. The van der Waals surface area contributed by atoms with Gasteiger partial charge in [-0.2, -0.15) is 11.8 Å². The molecule has 0 spiro atoms. The van der Waals surface area contributed by atoms with Crippen LogP contribution in [0.1, 0.15) is 39.0 Å². The molecule has 1 saturated carbocycles. The first-order valence-corrected chi connectivity index (χ1v) is 7.12. The van der Waals surface area contributed by atoms with Crippen molar-refractivity contribution in [2.75, 3.05) is 26.8 Å². The maximum atomic E-state index is 5.00. The third kappa shape index (κ3) is 6.44. The molecule has 1 aliphatic rings. The number of thioether (sulfide) groups is 1. The molecular weight excluding hydrogens is 206 g/mol. The lowest BCUT2D eigenvalue weighted by atomic mass is 10.0. The van der Waals surface area contributed by atoms with Crippen molar-refractivity contribution in [3.8, 4) is 0 Å². The summed E-state index contributed by atoms with van der Waals surface area (Å²) in [6.07, 6.45) is 7.22. The molecule has 0 bridgehead atoms. The number of hydrogen-bond donors (Lipinski definition) is 1. The Labute approximate surface area is 98.5 Å². The Morgan fingerprint density at radius 1 is 1.33 bits per heavy atom. The lowest BCUT2D eigenvalue weighted by molar-refractivity contribution is 0.199. The van der Waals surface area contributed by atoms with Gasteiger partial charge in [0.1, 0.15) is 0 Å². The zero-order valence-corrected chi connectivity index (χ0v) is 10.9. The molecule has 0 aromatic heterocycles. The van der Waals surface area contributed by atoms with Gasteiger partial charge < -0.3 is 10.1 Å². The van der Waals surface area contributed by atoms with E-state index >= 15 is 0 Å². The SMILES string of the molecule is COCCNCC(C)SC1CCCCC1. The van der Waals surface area contributed by atoms with E-state index in [2.05, 4.69) is 24.0 Å². The second kappa shape index (κ2) is 8.43. The van der Waals surface area contributed by atoms with E-state index in [9.17, 15) is 0 Å². The Morgan fingerprint density at radius 2 is 2.07 bits per heavy atom. The second-order valence-electron chi connectivity index (χ2n) is 4.40. The summed E-state index contributed by atoms with van der Waals surface area (Å²) in [5, 5.41) is 5.10. The Morgan fingerprint density at radius 3 is 2.73 bits per heavy atom. The summed E-state index contributed by atoms with van der Waals surface area (Å²) in [5.74, 6) is 0. The Kier molecular flexibility index (Phi) is 7.49. The molecule has 0 aromatic rings. The van der Waals surface area contributed by atoms with Crippen LogP contribution in [-0.4, -0.2) is 37.3 Å². The fourth-order valence-electron chi connectivity index (χ4n) is 2.06. The van der Waals surface area contributed by atoms with E-state index in [-0.39, 0.29) is 0 Å². The number of hydrogen-bond acceptors (Lipinski definition) is 3. The van der Waals surface area contributed by atoms with Crippen molar-refractivity contribution in [1.29, 1.82) is 0 Å². The molecule has 3 heteroatoms. The van der Waals surface area contributed by atoms with Crippen LogP contribution in [0, 0.1) is 0 Å². The summed E-state index contributed by atoms with van der Waals surface area (Å²) in [6.45, 7) is 5.25. The molecular formula is C12H25NOS. The van der Waals surface area contributed by atoms with Crippen LogP contribution in [0.3, 0.4) is 0 Å². The van der Waals surface area contributed by atoms with E-state index in [0.29, 0.717) is 0 Å². The summed E-state index contributed by atoms with van der Waals surface area (Å²) in [6, 6.07) is 0. The highest BCUT2D eigenvalue weighted by Gasteiger charge is 2.16. The summed E-state index contributed by atoms with van der Waals surface area (Å²) in [7, 11) is 1.75. The summed E-state index contributed by atoms with van der Waals surface area (Å²) >= 11 is 2.18. The van der Waals surface area contributed by atoms with E-state index < -0.39 is 0 Å². The third-order valence-corrected chi connectivity index (χ3v) is 4.38. The molecule has 0 saturated heterocycles. The maximum absolute atomic E-state index is 5.00. The minimum Gasteiger partial charge on any atom is -0.383 e. The predicted octanol–water partition coefficient (Wildman–Crippen LogP) is 2.68. The average Bonchev–Trinajstić information content (AvgIpc) is 2.26. The summed E-state index contributed by atoms with van der Waals surface area (Å²) < 4.78 is 5.00. The predicted molar refractivity (Wildman–Crippen MR) is 68.7 cm³/mol. The summed E-state index contributed by atoms with van der Waals surface area (Å²) in [5.41, 5.74) is 0. The smallest absolute Gasteiger partial charge is 0.0587 e. The number of rotatable bonds is 7. The van der Waals surface area contributed by atoms with Gasteiger partial charge in [-0.1, -0.05) is 26.2 Å². The molecule has 0 aliphatic heterocycles. The van der Waals surface area contributed by atoms with Gasteiger partial charge in [-0.25, -0.2) is 0 Å². The molecule has 0 heterocycles. The molecule has 0 radical (unpaired) electrons. The van der Waals surface area contributed by atoms with Crippen LogP contribution in [0.5, 0.6) is 0 Å². The van der Waals surface area contributed by atoms with Gasteiger partial charge in [0.2, 0.25) is 0 Å². The van der Waals surface area contributed by atoms with Crippen molar-refractivity contribution in [2.45, 2.75) is 49.5 Å². The van der Waals surface area contributed by atoms with Crippen LogP contribution in [0.4, 0.5) is 0 Å². The van der Waals surface area contributed by atoms with E-state index in [1.54, 1.807) is 7.11 Å².